The summed E-state index contributed by atoms with van der Waals surface area (Å²) in [5, 5.41) is 16.4. The molecule has 0 atom stereocenters. The van der Waals surface area contributed by atoms with E-state index in [0.717, 1.165) is 4.68 Å². The Balaban J connectivity index is 2.60. The topological polar surface area (TPSA) is 68.0 Å². The van der Waals surface area contributed by atoms with E-state index in [1.165, 1.54) is 13.0 Å². The van der Waals surface area contributed by atoms with Crippen LogP contribution in [0.3, 0.4) is 0 Å². The van der Waals surface area contributed by atoms with Gasteiger partial charge in [0.05, 0.1) is 11.4 Å². The monoisotopic (exact) mass is 235 g/mol. The molecule has 0 saturated heterocycles. The van der Waals surface area contributed by atoms with E-state index in [1.54, 1.807) is 19.1 Å². The quantitative estimate of drug-likeness (QED) is 0.860. The third kappa shape index (κ3) is 1.89. The van der Waals surface area contributed by atoms with E-state index in [4.69, 9.17) is 5.11 Å². The van der Waals surface area contributed by atoms with Crippen LogP contribution in [0, 0.1) is 19.7 Å². The summed E-state index contributed by atoms with van der Waals surface area (Å²) in [6.07, 6.45) is 0. The van der Waals surface area contributed by atoms with Crippen LogP contribution in [0.5, 0.6) is 0 Å². The Morgan fingerprint density at radius 2 is 2.12 bits per heavy atom. The summed E-state index contributed by atoms with van der Waals surface area (Å²) in [6, 6.07) is 4.39. The average Bonchev–Trinajstić information content (AvgIpc) is 2.64. The second kappa shape index (κ2) is 3.97. The lowest BCUT2D eigenvalue weighted by atomic mass is 10.2. The molecule has 0 saturated carbocycles. The zero-order valence-electron chi connectivity index (χ0n) is 9.31. The summed E-state index contributed by atoms with van der Waals surface area (Å²) in [4.78, 5) is 11.0. The van der Waals surface area contributed by atoms with Gasteiger partial charge in [0.2, 0.25) is 0 Å². The van der Waals surface area contributed by atoms with Gasteiger partial charge in [0, 0.05) is 0 Å². The fraction of sp³-hybridized carbons (Fsp3) is 0.182. The molecule has 0 fully saturated rings. The highest BCUT2D eigenvalue weighted by Crippen LogP contribution is 2.16. The second-order valence-electron chi connectivity index (χ2n) is 3.67. The predicted molar refractivity (Wildman–Crippen MR) is 57.8 cm³/mol. The molecule has 2 aromatic rings. The smallest absolute Gasteiger partial charge is 0.356 e. The first-order valence-corrected chi connectivity index (χ1v) is 4.93. The lowest BCUT2D eigenvalue weighted by Gasteiger charge is -2.04. The molecular formula is C11H10FN3O2. The second-order valence-corrected chi connectivity index (χ2v) is 3.67. The van der Waals surface area contributed by atoms with Gasteiger partial charge in [0.25, 0.3) is 0 Å². The summed E-state index contributed by atoms with van der Waals surface area (Å²) in [5.74, 6) is -1.56. The van der Waals surface area contributed by atoms with Gasteiger partial charge in [-0.2, -0.15) is 0 Å². The number of rotatable bonds is 2. The van der Waals surface area contributed by atoms with Crippen LogP contribution >= 0.6 is 0 Å². The molecular weight excluding hydrogens is 225 g/mol. The fourth-order valence-corrected chi connectivity index (χ4v) is 1.50. The minimum absolute atomic E-state index is 0.0618. The molecule has 0 radical (unpaired) electrons. The number of hydrogen-bond donors (Lipinski definition) is 1. The van der Waals surface area contributed by atoms with E-state index in [0.29, 0.717) is 16.9 Å². The summed E-state index contributed by atoms with van der Waals surface area (Å²) in [5.41, 5.74) is 1.06. The van der Waals surface area contributed by atoms with Crippen LogP contribution in [-0.4, -0.2) is 26.1 Å². The van der Waals surface area contributed by atoms with Gasteiger partial charge in [-0.05, 0) is 31.5 Å². The van der Waals surface area contributed by atoms with Crippen molar-refractivity contribution in [1.82, 2.24) is 15.0 Å². The molecule has 1 N–H and O–H groups in total. The molecule has 0 unspecified atom stereocenters. The molecule has 2 rings (SSSR count). The van der Waals surface area contributed by atoms with Gasteiger partial charge in [-0.3, -0.25) is 0 Å². The SMILES string of the molecule is Cc1ccc(-n2nnc(C)c2C(=O)O)cc1F. The largest absolute Gasteiger partial charge is 0.476 e. The number of aromatic carboxylic acids is 1. The van der Waals surface area contributed by atoms with Crippen LogP contribution in [0.1, 0.15) is 21.7 Å². The van der Waals surface area contributed by atoms with E-state index in [9.17, 15) is 9.18 Å². The minimum atomic E-state index is -1.14. The van der Waals surface area contributed by atoms with E-state index >= 15 is 0 Å². The first-order chi connectivity index (χ1) is 8.00. The zero-order chi connectivity index (χ0) is 12.6. The van der Waals surface area contributed by atoms with Gasteiger partial charge in [-0.25, -0.2) is 13.9 Å². The molecule has 0 aliphatic carbocycles. The van der Waals surface area contributed by atoms with Gasteiger partial charge >= 0.3 is 5.97 Å². The summed E-state index contributed by atoms with van der Waals surface area (Å²) in [6.45, 7) is 3.17. The number of hydrogen-bond acceptors (Lipinski definition) is 3. The summed E-state index contributed by atoms with van der Waals surface area (Å²) < 4.78 is 14.5. The Morgan fingerprint density at radius 3 is 2.71 bits per heavy atom. The molecule has 1 heterocycles. The van der Waals surface area contributed by atoms with Crippen molar-refractivity contribution in [3.63, 3.8) is 0 Å². The van der Waals surface area contributed by atoms with Crippen LogP contribution in [0.2, 0.25) is 0 Å². The molecule has 0 spiro atoms. The highest BCUT2D eigenvalue weighted by Gasteiger charge is 2.18. The molecule has 5 nitrogen and oxygen atoms in total. The lowest BCUT2D eigenvalue weighted by Crippen LogP contribution is -2.09. The van der Waals surface area contributed by atoms with Crippen LogP contribution < -0.4 is 0 Å². The van der Waals surface area contributed by atoms with Crippen LogP contribution in [-0.2, 0) is 0 Å². The van der Waals surface area contributed by atoms with Gasteiger partial charge in [0.1, 0.15) is 5.82 Å². The minimum Gasteiger partial charge on any atom is -0.476 e. The average molecular weight is 235 g/mol. The lowest BCUT2D eigenvalue weighted by molar-refractivity contribution is 0.0686. The molecule has 6 heteroatoms. The van der Waals surface area contributed by atoms with E-state index < -0.39 is 11.8 Å². The number of carbonyl (C=O) groups is 1. The normalized spacial score (nSPS) is 10.5. The first kappa shape index (κ1) is 11.3. The standard InChI is InChI=1S/C11H10FN3O2/c1-6-3-4-8(5-9(6)12)15-10(11(16)17)7(2)13-14-15/h3-5H,1-2H3,(H,16,17). The van der Waals surface area contributed by atoms with Crippen molar-refractivity contribution in [2.24, 2.45) is 0 Å². The highest BCUT2D eigenvalue weighted by atomic mass is 19.1. The van der Waals surface area contributed by atoms with Gasteiger partial charge in [-0.1, -0.05) is 11.3 Å². The molecule has 0 aliphatic heterocycles. The molecule has 0 aliphatic rings. The fourth-order valence-electron chi connectivity index (χ4n) is 1.50. The van der Waals surface area contributed by atoms with Crippen molar-refractivity contribution in [3.8, 4) is 5.69 Å². The van der Waals surface area contributed by atoms with Gasteiger partial charge in [-0.15, -0.1) is 5.10 Å². The van der Waals surface area contributed by atoms with Crippen molar-refractivity contribution in [3.05, 3.63) is 41.0 Å². The van der Waals surface area contributed by atoms with Crippen molar-refractivity contribution in [2.75, 3.05) is 0 Å². The van der Waals surface area contributed by atoms with E-state index in [1.807, 2.05) is 0 Å². The predicted octanol–water partition coefficient (Wildman–Crippen LogP) is 1.72. The number of carboxylic acid groups (broad SMARTS) is 1. The molecule has 0 bridgehead atoms. The first-order valence-electron chi connectivity index (χ1n) is 4.93. The Morgan fingerprint density at radius 1 is 1.41 bits per heavy atom. The molecule has 0 amide bonds. The van der Waals surface area contributed by atoms with Crippen molar-refractivity contribution < 1.29 is 14.3 Å². The Hall–Kier alpha value is -2.24. The zero-order valence-corrected chi connectivity index (χ0v) is 9.31. The van der Waals surface area contributed by atoms with Gasteiger partial charge < -0.3 is 5.11 Å². The number of nitrogens with zero attached hydrogens (tertiary/aromatic N) is 3. The number of aromatic nitrogens is 3. The molecule has 17 heavy (non-hydrogen) atoms. The van der Waals surface area contributed by atoms with Crippen LogP contribution in [0.25, 0.3) is 5.69 Å². The highest BCUT2D eigenvalue weighted by molar-refractivity contribution is 5.87. The summed E-state index contributed by atoms with van der Waals surface area (Å²) >= 11 is 0. The molecule has 88 valence electrons. The van der Waals surface area contributed by atoms with Crippen molar-refractivity contribution >= 4 is 5.97 Å². The van der Waals surface area contributed by atoms with Crippen LogP contribution in [0.15, 0.2) is 18.2 Å². The summed E-state index contributed by atoms with van der Waals surface area (Å²) in [7, 11) is 0. The maximum atomic E-state index is 13.4. The number of carboxylic acids is 1. The maximum absolute atomic E-state index is 13.4. The third-order valence-corrected chi connectivity index (χ3v) is 2.44. The van der Waals surface area contributed by atoms with Crippen molar-refractivity contribution in [2.45, 2.75) is 13.8 Å². The third-order valence-electron chi connectivity index (χ3n) is 2.44. The Kier molecular flexibility index (Phi) is 2.63. The Bertz CT molecular complexity index is 592. The molecule has 1 aromatic heterocycles. The Labute approximate surface area is 96.5 Å². The number of halogens is 1. The van der Waals surface area contributed by atoms with Crippen molar-refractivity contribution in [1.29, 1.82) is 0 Å². The van der Waals surface area contributed by atoms with E-state index in [-0.39, 0.29) is 5.69 Å². The van der Waals surface area contributed by atoms with E-state index in [2.05, 4.69) is 10.3 Å². The number of aryl methyl sites for hydroxylation is 2. The van der Waals surface area contributed by atoms with Crippen LogP contribution in [0.4, 0.5) is 4.39 Å². The van der Waals surface area contributed by atoms with Gasteiger partial charge in [0.15, 0.2) is 5.69 Å². The maximum Gasteiger partial charge on any atom is 0.356 e. The number of benzene rings is 1. The molecule has 1 aromatic carbocycles.